The standard InChI is InChI=1S/C10H8BrF2N3O3S/c1-5-15-9(16-19-5)4-14-20(17,18)10-7(11)2-6(12)3-8(10)13/h2-3,14H,4H2,1H3. The van der Waals surface area contributed by atoms with Crippen LogP contribution in [0.5, 0.6) is 0 Å². The van der Waals surface area contributed by atoms with Gasteiger partial charge in [0.25, 0.3) is 0 Å². The summed E-state index contributed by atoms with van der Waals surface area (Å²) in [6.07, 6.45) is 0. The van der Waals surface area contributed by atoms with Crippen molar-refractivity contribution in [3.63, 3.8) is 0 Å². The first-order chi connectivity index (χ1) is 9.29. The molecule has 1 heterocycles. The molecule has 2 aromatic rings. The number of hydrogen-bond acceptors (Lipinski definition) is 5. The van der Waals surface area contributed by atoms with Gasteiger partial charge in [-0.3, -0.25) is 0 Å². The van der Waals surface area contributed by atoms with Crippen LogP contribution < -0.4 is 4.72 Å². The summed E-state index contributed by atoms with van der Waals surface area (Å²) >= 11 is 2.82. The fourth-order valence-corrected chi connectivity index (χ4v) is 3.57. The first kappa shape index (κ1) is 15.0. The second-order valence-electron chi connectivity index (χ2n) is 3.75. The number of aromatic nitrogens is 2. The van der Waals surface area contributed by atoms with Gasteiger partial charge in [-0.25, -0.2) is 21.9 Å². The number of sulfonamides is 1. The van der Waals surface area contributed by atoms with Crippen LogP contribution >= 0.6 is 15.9 Å². The third kappa shape index (κ3) is 3.19. The van der Waals surface area contributed by atoms with E-state index in [2.05, 4.69) is 35.3 Å². The molecular formula is C10H8BrF2N3O3S. The largest absolute Gasteiger partial charge is 0.340 e. The molecule has 0 aliphatic heterocycles. The maximum atomic E-state index is 13.6. The Bertz CT molecular complexity index is 725. The molecule has 0 fully saturated rings. The lowest BCUT2D eigenvalue weighted by Gasteiger charge is -2.08. The lowest BCUT2D eigenvalue weighted by molar-refractivity contribution is 0.387. The number of benzene rings is 1. The molecule has 0 radical (unpaired) electrons. The molecule has 1 aromatic heterocycles. The molecule has 0 amide bonds. The highest BCUT2D eigenvalue weighted by Gasteiger charge is 2.24. The minimum atomic E-state index is -4.19. The van der Waals surface area contributed by atoms with E-state index >= 15 is 0 Å². The molecule has 0 saturated carbocycles. The summed E-state index contributed by atoms with van der Waals surface area (Å²) in [4.78, 5) is 3.11. The summed E-state index contributed by atoms with van der Waals surface area (Å²) < 4.78 is 57.0. The van der Waals surface area contributed by atoms with Crippen LogP contribution in [0, 0.1) is 18.6 Å². The molecule has 6 nitrogen and oxygen atoms in total. The fourth-order valence-electron chi connectivity index (χ4n) is 1.43. The van der Waals surface area contributed by atoms with Crippen molar-refractivity contribution in [3.8, 4) is 0 Å². The molecule has 0 aliphatic rings. The number of hydrogen-bond donors (Lipinski definition) is 1. The molecule has 0 atom stereocenters. The highest BCUT2D eigenvalue weighted by Crippen LogP contribution is 2.26. The number of rotatable bonds is 4. The van der Waals surface area contributed by atoms with Crippen molar-refractivity contribution in [1.29, 1.82) is 0 Å². The Balaban J connectivity index is 2.27. The van der Waals surface area contributed by atoms with Crippen LogP contribution in [0.25, 0.3) is 0 Å². The van der Waals surface area contributed by atoms with Crippen molar-refractivity contribution in [2.45, 2.75) is 18.4 Å². The Morgan fingerprint density at radius 1 is 1.40 bits per heavy atom. The van der Waals surface area contributed by atoms with E-state index in [0.29, 0.717) is 6.07 Å². The van der Waals surface area contributed by atoms with Gasteiger partial charge in [0.1, 0.15) is 16.5 Å². The van der Waals surface area contributed by atoms with Crippen molar-refractivity contribution in [3.05, 3.63) is 40.0 Å². The van der Waals surface area contributed by atoms with Crippen molar-refractivity contribution < 1.29 is 21.7 Å². The minimum absolute atomic E-state index is 0.102. The van der Waals surface area contributed by atoms with Crippen molar-refractivity contribution in [1.82, 2.24) is 14.9 Å². The summed E-state index contributed by atoms with van der Waals surface area (Å²) in [5.41, 5.74) is 0. The van der Waals surface area contributed by atoms with Gasteiger partial charge in [0, 0.05) is 17.5 Å². The lowest BCUT2D eigenvalue weighted by Crippen LogP contribution is -2.25. The van der Waals surface area contributed by atoms with E-state index in [0.717, 1.165) is 6.07 Å². The van der Waals surface area contributed by atoms with Crippen LogP contribution in [-0.4, -0.2) is 18.6 Å². The fraction of sp³-hybridized carbons (Fsp3) is 0.200. The van der Waals surface area contributed by atoms with Gasteiger partial charge in [0.15, 0.2) is 5.82 Å². The molecule has 0 bridgehead atoms. The van der Waals surface area contributed by atoms with Crippen LogP contribution in [0.3, 0.4) is 0 Å². The highest BCUT2D eigenvalue weighted by atomic mass is 79.9. The van der Waals surface area contributed by atoms with Gasteiger partial charge >= 0.3 is 0 Å². The molecule has 2 rings (SSSR count). The molecule has 10 heteroatoms. The predicted molar refractivity (Wildman–Crippen MR) is 67.1 cm³/mol. The maximum Gasteiger partial charge on any atom is 0.245 e. The number of nitrogens with zero attached hydrogens (tertiary/aromatic N) is 2. The molecule has 1 N–H and O–H groups in total. The summed E-state index contributed by atoms with van der Waals surface area (Å²) in [5.74, 6) is -1.71. The highest BCUT2D eigenvalue weighted by molar-refractivity contribution is 9.10. The molecule has 108 valence electrons. The van der Waals surface area contributed by atoms with E-state index in [1.165, 1.54) is 0 Å². The van der Waals surface area contributed by atoms with Crippen LogP contribution in [0.1, 0.15) is 11.7 Å². The van der Waals surface area contributed by atoms with Gasteiger partial charge < -0.3 is 4.52 Å². The van der Waals surface area contributed by atoms with Gasteiger partial charge in [-0.2, -0.15) is 4.98 Å². The summed E-state index contributed by atoms with van der Waals surface area (Å²) in [6.45, 7) is 1.27. The summed E-state index contributed by atoms with van der Waals surface area (Å²) in [5, 5.41) is 3.49. The molecule has 0 spiro atoms. The molecule has 0 saturated heterocycles. The topological polar surface area (TPSA) is 85.1 Å². The van der Waals surface area contributed by atoms with E-state index in [9.17, 15) is 17.2 Å². The maximum absolute atomic E-state index is 13.6. The summed E-state index contributed by atoms with van der Waals surface area (Å²) in [6, 6.07) is 1.34. The first-order valence-electron chi connectivity index (χ1n) is 5.23. The molecule has 1 aromatic carbocycles. The third-order valence-corrected chi connectivity index (χ3v) is 4.59. The Morgan fingerprint density at radius 2 is 2.10 bits per heavy atom. The van der Waals surface area contributed by atoms with Crippen LogP contribution in [0.4, 0.5) is 8.78 Å². The molecule has 20 heavy (non-hydrogen) atoms. The quantitative estimate of drug-likeness (QED) is 0.891. The summed E-state index contributed by atoms with van der Waals surface area (Å²) in [7, 11) is -4.19. The Hall–Kier alpha value is -1.39. The molecule has 0 unspecified atom stereocenters. The predicted octanol–water partition coefficient (Wildman–Crippen LogP) is 1.90. The average molecular weight is 368 g/mol. The van der Waals surface area contributed by atoms with Crippen molar-refractivity contribution in [2.75, 3.05) is 0 Å². The number of nitrogens with one attached hydrogen (secondary N) is 1. The smallest absolute Gasteiger partial charge is 0.245 e. The third-order valence-electron chi connectivity index (χ3n) is 2.22. The van der Waals surface area contributed by atoms with E-state index in [4.69, 9.17) is 0 Å². The normalized spacial score (nSPS) is 11.8. The second-order valence-corrected chi connectivity index (χ2v) is 6.31. The monoisotopic (exact) mass is 367 g/mol. The lowest BCUT2D eigenvalue weighted by atomic mass is 10.3. The molecule has 0 aliphatic carbocycles. The van der Waals surface area contributed by atoms with Gasteiger partial charge in [-0.05, 0) is 22.0 Å². The van der Waals surface area contributed by atoms with E-state index in [-0.39, 0.29) is 22.7 Å². The van der Waals surface area contributed by atoms with Crippen molar-refractivity contribution in [2.24, 2.45) is 0 Å². The number of aryl methyl sites for hydroxylation is 1. The number of halogens is 3. The first-order valence-corrected chi connectivity index (χ1v) is 7.50. The zero-order valence-electron chi connectivity index (χ0n) is 10.0. The Morgan fingerprint density at radius 3 is 2.65 bits per heavy atom. The van der Waals surface area contributed by atoms with Crippen LogP contribution in [-0.2, 0) is 16.6 Å². The minimum Gasteiger partial charge on any atom is -0.340 e. The second kappa shape index (κ2) is 5.54. The van der Waals surface area contributed by atoms with E-state index in [1.807, 2.05) is 0 Å². The zero-order chi connectivity index (χ0) is 14.9. The van der Waals surface area contributed by atoms with Gasteiger partial charge in [-0.15, -0.1) is 0 Å². The van der Waals surface area contributed by atoms with Gasteiger partial charge in [0.2, 0.25) is 15.9 Å². The Labute approximate surface area is 121 Å². The SMILES string of the molecule is Cc1nc(CNS(=O)(=O)c2c(F)cc(F)cc2Br)no1. The van der Waals surface area contributed by atoms with E-state index in [1.54, 1.807) is 6.92 Å². The average Bonchev–Trinajstić information content (AvgIpc) is 2.71. The molecular weight excluding hydrogens is 360 g/mol. The van der Waals surface area contributed by atoms with Gasteiger partial charge in [-0.1, -0.05) is 5.16 Å². The van der Waals surface area contributed by atoms with Crippen molar-refractivity contribution >= 4 is 26.0 Å². The van der Waals surface area contributed by atoms with Crippen LogP contribution in [0.2, 0.25) is 0 Å². The van der Waals surface area contributed by atoms with E-state index < -0.39 is 26.6 Å². The van der Waals surface area contributed by atoms with Gasteiger partial charge in [0.05, 0.1) is 6.54 Å². The van der Waals surface area contributed by atoms with Crippen LogP contribution in [0.15, 0.2) is 26.0 Å². The Kier molecular flexibility index (Phi) is 4.16. The zero-order valence-corrected chi connectivity index (χ0v) is 12.4.